The minimum Gasteiger partial charge on any atom is -0.447 e. The molecule has 21 heavy (non-hydrogen) atoms. The Labute approximate surface area is 127 Å². The summed E-state index contributed by atoms with van der Waals surface area (Å²) in [6.45, 7) is 0.499. The van der Waals surface area contributed by atoms with Crippen LogP contribution < -0.4 is 0 Å². The summed E-state index contributed by atoms with van der Waals surface area (Å²) in [5.41, 5.74) is 0.0485. The van der Waals surface area contributed by atoms with Crippen molar-refractivity contribution in [2.45, 2.75) is 17.7 Å². The smallest absolute Gasteiger partial charge is 0.339 e. The summed E-state index contributed by atoms with van der Waals surface area (Å²) in [4.78, 5) is 11.6. The van der Waals surface area contributed by atoms with Crippen LogP contribution in [-0.4, -0.2) is 38.4 Å². The number of halogens is 1. The molecule has 0 aliphatic carbocycles. The van der Waals surface area contributed by atoms with Crippen LogP contribution in [0.4, 0.5) is 0 Å². The Balaban J connectivity index is 2.35. The number of ether oxygens (including phenoxy) is 1. The van der Waals surface area contributed by atoms with Gasteiger partial charge in [0.2, 0.25) is 10.0 Å². The van der Waals surface area contributed by atoms with Gasteiger partial charge in [0.15, 0.2) is 6.61 Å². The molecule has 1 aromatic rings. The van der Waals surface area contributed by atoms with Crippen molar-refractivity contribution in [2.75, 3.05) is 19.7 Å². The highest BCUT2D eigenvalue weighted by atomic mass is 35.5. The molecule has 0 N–H and O–H groups in total. The van der Waals surface area contributed by atoms with E-state index in [0.717, 1.165) is 12.8 Å². The van der Waals surface area contributed by atoms with Gasteiger partial charge in [0.1, 0.15) is 11.0 Å². The van der Waals surface area contributed by atoms with Crippen LogP contribution in [-0.2, 0) is 14.8 Å². The van der Waals surface area contributed by atoms with Crippen molar-refractivity contribution in [1.82, 2.24) is 4.31 Å². The summed E-state index contributed by atoms with van der Waals surface area (Å²) in [7, 11) is -3.72. The third kappa shape index (κ3) is 3.35. The fourth-order valence-electron chi connectivity index (χ4n) is 2.08. The number of carbonyl (C=O) groups is 1. The Morgan fingerprint density at radius 3 is 2.67 bits per heavy atom. The zero-order valence-electron chi connectivity index (χ0n) is 11.1. The Morgan fingerprint density at radius 1 is 1.38 bits per heavy atom. The highest BCUT2D eigenvalue weighted by Crippen LogP contribution is 2.28. The lowest BCUT2D eigenvalue weighted by Gasteiger charge is -2.16. The van der Waals surface area contributed by atoms with Crippen LogP contribution in [0.15, 0.2) is 23.1 Å². The molecular weight excluding hydrogens is 316 g/mol. The van der Waals surface area contributed by atoms with Gasteiger partial charge in [0.25, 0.3) is 0 Å². The molecule has 1 fully saturated rings. The Hall–Kier alpha value is -1.62. The first kappa shape index (κ1) is 15.8. The van der Waals surface area contributed by atoms with Crippen LogP contribution in [0.1, 0.15) is 23.2 Å². The lowest BCUT2D eigenvalue weighted by Crippen LogP contribution is -2.28. The van der Waals surface area contributed by atoms with Crippen LogP contribution >= 0.6 is 11.6 Å². The second kappa shape index (κ2) is 6.43. The molecule has 1 aliphatic rings. The number of nitriles is 1. The van der Waals surface area contributed by atoms with E-state index >= 15 is 0 Å². The fourth-order valence-corrected chi connectivity index (χ4v) is 4.09. The van der Waals surface area contributed by atoms with E-state index in [4.69, 9.17) is 16.9 Å². The quantitative estimate of drug-likeness (QED) is 0.786. The molecule has 0 aromatic heterocycles. The van der Waals surface area contributed by atoms with Gasteiger partial charge in [-0.2, -0.15) is 9.57 Å². The van der Waals surface area contributed by atoms with Crippen molar-refractivity contribution in [3.8, 4) is 6.07 Å². The second-order valence-electron chi connectivity index (χ2n) is 4.49. The van der Waals surface area contributed by atoms with Gasteiger partial charge in [0.05, 0.1) is 10.6 Å². The molecule has 112 valence electrons. The molecule has 0 saturated carbocycles. The van der Waals surface area contributed by atoms with E-state index in [1.807, 2.05) is 0 Å². The third-order valence-corrected chi connectivity index (χ3v) is 5.50. The maximum Gasteiger partial charge on any atom is 0.339 e. The molecule has 0 spiro atoms. The normalized spacial score (nSPS) is 15.6. The van der Waals surface area contributed by atoms with Crippen LogP contribution in [0.2, 0.25) is 5.02 Å². The molecule has 0 radical (unpaired) electrons. The first-order chi connectivity index (χ1) is 9.96. The van der Waals surface area contributed by atoms with Crippen molar-refractivity contribution >= 4 is 27.6 Å². The number of hydrogen-bond acceptors (Lipinski definition) is 5. The van der Waals surface area contributed by atoms with Gasteiger partial charge in [-0.25, -0.2) is 13.2 Å². The SMILES string of the molecule is N#CCOC(=O)c1ccc(Cl)c(S(=O)(=O)N2CCCC2)c1. The zero-order valence-corrected chi connectivity index (χ0v) is 12.7. The average molecular weight is 329 g/mol. The number of esters is 1. The Morgan fingerprint density at radius 2 is 2.05 bits per heavy atom. The van der Waals surface area contributed by atoms with E-state index < -0.39 is 22.6 Å². The van der Waals surface area contributed by atoms with Gasteiger partial charge < -0.3 is 4.74 Å². The second-order valence-corrected chi connectivity index (χ2v) is 6.80. The van der Waals surface area contributed by atoms with E-state index in [-0.39, 0.29) is 15.5 Å². The van der Waals surface area contributed by atoms with Crippen molar-refractivity contribution in [3.63, 3.8) is 0 Å². The van der Waals surface area contributed by atoms with Gasteiger partial charge in [-0.05, 0) is 31.0 Å². The minimum absolute atomic E-state index is 0.0485. The fraction of sp³-hybridized carbons (Fsp3) is 0.385. The number of hydrogen-bond donors (Lipinski definition) is 0. The lowest BCUT2D eigenvalue weighted by atomic mass is 10.2. The molecule has 6 nitrogen and oxygen atoms in total. The maximum atomic E-state index is 12.5. The molecule has 0 amide bonds. The highest BCUT2D eigenvalue weighted by Gasteiger charge is 2.29. The number of carbonyl (C=O) groups excluding carboxylic acids is 1. The number of benzene rings is 1. The minimum atomic E-state index is -3.72. The van der Waals surface area contributed by atoms with Gasteiger partial charge in [0, 0.05) is 13.1 Å². The van der Waals surface area contributed by atoms with Gasteiger partial charge in [-0.3, -0.25) is 0 Å². The Bertz CT molecular complexity index is 691. The predicted molar refractivity (Wildman–Crippen MR) is 75.3 cm³/mol. The monoisotopic (exact) mass is 328 g/mol. The third-order valence-electron chi connectivity index (χ3n) is 3.12. The summed E-state index contributed by atoms with van der Waals surface area (Å²) < 4.78 is 31.0. The molecule has 1 aromatic carbocycles. The molecule has 2 rings (SSSR count). The standard InChI is InChI=1S/C13H13ClN2O4S/c14-11-4-3-10(13(17)20-8-5-15)9-12(11)21(18,19)16-6-1-2-7-16/h3-4,9H,1-2,6-8H2. The van der Waals surface area contributed by atoms with E-state index in [2.05, 4.69) is 4.74 Å². The lowest BCUT2D eigenvalue weighted by molar-refractivity contribution is 0.0554. The molecule has 1 saturated heterocycles. The van der Waals surface area contributed by atoms with E-state index in [0.29, 0.717) is 13.1 Å². The summed E-state index contributed by atoms with van der Waals surface area (Å²) in [6.07, 6.45) is 1.61. The van der Waals surface area contributed by atoms with Gasteiger partial charge in [-0.1, -0.05) is 11.6 Å². The van der Waals surface area contributed by atoms with Crippen molar-refractivity contribution in [1.29, 1.82) is 5.26 Å². The highest BCUT2D eigenvalue weighted by molar-refractivity contribution is 7.89. The zero-order chi connectivity index (χ0) is 15.5. The first-order valence-corrected chi connectivity index (χ1v) is 8.12. The Kier molecular flexibility index (Phi) is 4.83. The van der Waals surface area contributed by atoms with Gasteiger partial charge in [-0.15, -0.1) is 0 Å². The molecule has 0 unspecified atom stereocenters. The molecule has 1 heterocycles. The molecule has 0 bridgehead atoms. The molecular formula is C13H13ClN2O4S. The summed E-state index contributed by atoms with van der Waals surface area (Å²) in [6, 6.07) is 5.57. The number of sulfonamides is 1. The van der Waals surface area contributed by atoms with Crippen molar-refractivity contribution in [3.05, 3.63) is 28.8 Å². The van der Waals surface area contributed by atoms with Crippen LogP contribution in [0.5, 0.6) is 0 Å². The van der Waals surface area contributed by atoms with Crippen LogP contribution in [0.3, 0.4) is 0 Å². The molecule has 8 heteroatoms. The van der Waals surface area contributed by atoms with E-state index in [1.165, 1.54) is 22.5 Å². The summed E-state index contributed by atoms with van der Waals surface area (Å²) >= 11 is 5.96. The average Bonchev–Trinajstić information content (AvgIpc) is 3.00. The van der Waals surface area contributed by atoms with E-state index in [1.54, 1.807) is 6.07 Å². The van der Waals surface area contributed by atoms with Crippen molar-refractivity contribution < 1.29 is 17.9 Å². The van der Waals surface area contributed by atoms with Gasteiger partial charge >= 0.3 is 5.97 Å². The van der Waals surface area contributed by atoms with E-state index in [9.17, 15) is 13.2 Å². The maximum absolute atomic E-state index is 12.5. The largest absolute Gasteiger partial charge is 0.447 e. The van der Waals surface area contributed by atoms with Crippen LogP contribution in [0.25, 0.3) is 0 Å². The summed E-state index contributed by atoms with van der Waals surface area (Å²) in [5.74, 6) is -0.758. The summed E-state index contributed by atoms with van der Waals surface area (Å²) in [5, 5.41) is 8.44. The number of nitrogens with zero attached hydrogens (tertiary/aromatic N) is 2. The predicted octanol–water partition coefficient (Wildman–Crippen LogP) is 1.80. The topological polar surface area (TPSA) is 87.5 Å². The first-order valence-electron chi connectivity index (χ1n) is 6.30. The number of rotatable bonds is 4. The van der Waals surface area contributed by atoms with Crippen LogP contribution in [0, 0.1) is 11.3 Å². The molecule has 0 atom stereocenters. The van der Waals surface area contributed by atoms with Crippen molar-refractivity contribution in [2.24, 2.45) is 0 Å². The molecule has 1 aliphatic heterocycles.